The lowest BCUT2D eigenvalue weighted by molar-refractivity contribution is -0.0705. The van der Waals surface area contributed by atoms with Crippen molar-refractivity contribution >= 4 is 0 Å². The number of benzene rings is 1. The SMILES string of the molecule is C[C@H]1CC[C@@H]2C3CC[C@@]4(C)C(CCC4[C@@H](C)N[C@H](C)c4ccccc4)[C@@H]3CC[C@@H]2C1. The highest BCUT2D eigenvalue weighted by Crippen LogP contribution is 2.64. The van der Waals surface area contributed by atoms with Crippen LogP contribution in [0.3, 0.4) is 0 Å². The molecule has 1 aromatic carbocycles. The van der Waals surface area contributed by atoms with Crippen molar-refractivity contribution < 1.29 is 0 Å². The molecule has 0 aromatic heterocycles. The second-order valence-electron chi connectivity index (χ2n) is 12.2. The van der Waals surface area contributed by atoms with E-state index < -0.39 is 0 Å². The monoisotopic (exact) mass is 407 g/mol. The largest absolute Gasteiger partial charge is 0.307 e. The van der Waals surface area contributed by atoms with Crippen molar-refractivity contribution in [2.75, 3.05) is 0 Å². The summed E-state index contributed by atoms with van der Waals surface area (Å²) in [7, 11) is 0. The van der Waals surface area contributed by atoms with Gasteiger partial charge in [-0.1, -0.05) is 50.6 Å². The zero-order valence-corrected chi connectivity index (χ0v) is 19.9. The van der Waals surface area contributed by atoms with Gasteiger partial charge in [-0.25, -0.2) is 0 Å². The Morgan fingerprint density at radius 1 is 0.867 bits per heavy atom. The van der Waals surface area contributed by atoms with Crippen LogP contribution in [0, 0.1) is 46.8 Å². The highest BCUT2D eigenvalue weighted by atomic mass is 15.0. The van der Waals surface area contributed by atoms with Crippen molar-refractivity contribution in [3.63, 3.8) is 0 Å². The Bertz CT molecular complexity index is 712. The average molecular weight is 408 g/mol. The number of rotatable bonds is 4. The fourth-order valence-electron chi connectivity index (χ4n) is 9.30. The Morgan fingerprint density at radius 3 is 2.43 bits per heavy atom. The lowest BCUT2D eigenvalue weighted by Gasteiger charge is -2.56. The van der Waals surface area contributed by atoms with E-state index in [1.807, 2.05) is 0 Å². The van der Waals surface area contributed by atoms with Crippen LogP contribution in [0.1, 0.15) is 97.1 Å². The molecule has 1 aromatic rings. The molecule has 4 fully saturated rings. The lowest BCUT2D eigenvalue weighted by Crippen LogP contribution is -2.51. The fourth-order valence-corrected chi connectivity index (χ4v) is 9.30. The minimum atomic E-state index is 0.444. The first-order valence-corrected chi connectivity index (χ1v) is 13.3. The third kappa shape index (κ3) is 3.58. The third-order valence-electron chi connectivity index (χ3n) is 10.7. The molecule has 0 bridgehead atoms. The molecule has 0 saturated heterocycles. The standard InChI is InChI=1S/C29H45N/c1-19-10-12-24-23(18-19)11-13-26-25(24)16-17-29(4)27(14-15-28(26)29)21(3)30-20(2)22-8-6-5-7-9-22/h5-9,19-21,23-28,30H,10-18H2,1-4H3/t19-,20+,21+,23+,24-,25?,26+,27?,28?,29+/m0/s1. The smallest absolute Gasteiger partial charge is 0.0294 e. The van der Waals surface area contributed by atoms with Gasteiger partial charge >= 0.3 is 0 Å². The number of fused-ring (bicyclic) bond motifs is 5. The number of hydrogen-bond donors (Lipinski definition) is 1. The topological polar surface area (TPSA) is 12.0 Å². The molecular weight excluding hydrogens is 362 g/mol. The first kappa shape index (κ1) is 21.0. The maximum Gasteiger partial charge on any atom is 0.0294 e. The Kier molecular flexibility index (Phi) is 5.80. The zero-order chi connectivity index (χ0) is 20.9. The van der Waals surface area contributed by atoms with E-state index in [9.17, 15) is 0 Å². The Labute approximate surface area is 185 Å². The first-order valence-electron chi connectivity index (χ1n) is 13.3. The Hall–Kier alpha value is -0.820. The van der Waals surface area contributed by atoms with Crippen LogP contribution in [0.5, 0.6) is 0 Å². The summed E-state index contributed by atoms with van der Waals surface area (Å²) in [4.78, 5) is 0. The van der Waals surface area contributed by atoms with Gasteiger partial charge in [-0.15, -0.1) is 0 Å². The summed E-state index contributed by atoms with van der Waals surface area (Å²) in [6.45, 7) is 10.0. The fraction of sp³-hybridized carbons (Fsp3) is 0.793. The molecule has 3 unspecified atom stereocenters. The van der Waals surface area contributed by atoms with Gasteiger partial charge in [0.15, 0.2) is 0 Å². The molecule has 4 saturated carbocycles. The van der Waals surface area contributed by atoms with Crippen molar-refractivity contribution in [3.8, 4) is 0 Å². The van der Waals surface area contributed by atoms with Crippen LogP contribution >= 0.6 is 0 Å². The van der Waals surface area contributed by atoms with Gasteiger partial charge in [0.05, 0.1) is 0 Å². The first-order chi connectivity index (χ1) is 14.5. The molecular formula is C29H45N. The average Bonchev–Trinajstić information content (AvgIpc) is 3.11. The molecule has 1 heteroatoms. The van der Waals surface area contributed by atoms with Crippen molar-refractivity contribution in [2.24, 2.45) is 46.8 Å². The highest BCUT2D eigenvalue weighted by Gasteiger charge is 2.57. The molecule has 0 heterocycles. The summed E-state index contributed by atoms with van der Waals surface area (Å²) in [6.07, 6.45) is 13.7. The molecule has 4 aliphatic carbocycles. The van der Waals surface area contributed by atoms with Crippen LogP contribution in [-0.4, -0.2) is 6.04 Å². The number of hydrogen-bond acceptors (Lipinski definition) is 1. The Balaban J connectivity index is 1.28. The van der Waals surface area contributed by atoms with Gasteiger partial charge in [-0.05, 0) is 118 Å². The summed E-state index contributed by atoms with van der Waals surface area (Å²) in [6, 6.07) is 12.1. The van der Waals surface area contributed by atoms with Crippen molar-refractivity contribution in [1.29, 1.82) is 0 Å². The maximum atomic E-state index is 4.02. The molecule has 1 N–H and O–H groups in total. The van der Waals surface area contributed by atoms with Gasteiger partial charge in [0.2, 0.25) is 0 Å². The zero-order valence-electron chi connectivity index (χ0n) is 19.9. The van der Waals surface area contributed by atoms with Gasteiger partial charge in [0, 0.05) is 12.1 Å². The van der Waals surface area contributed by atoms with Gasteiger partial charge in [0.1, 0.15) is 0 Å². The minimum absolute atomic E-state index is 0.444. The van der Waals surface area contributed by atoms with Crippen molar-refractivity contribution in [1.82, 2.24) is 5.32 Å². The van der Waals surface area contributed by atoms with Crippen LogP contribution in [0.25, 0.3) is 0 Å². The molecule has 166 valence electrons. The van der Waals surface area contributed by atoms with Gasteiger partial charge in [0.25, 0.3) is 0 Å². The predicted octanol–water partition coefficient (Wildman–Crippen LogP) is 7.63. The molecule has 0 aliphatic heterocycles. The van der Waals surface area contributed by atoms with Crippen LogP contribution in [-0.2, 0) is 0 Å². The summed E-state index contributed by atoms with van der Waals surface area (Å²) < 4.78 is 0. The van der Waals surface area contributed by atoms with Crippen LogP contribution in [0.2, 0.25) is 0 Å². The predicted molar refractivity (Wildman–Crippen MR) is 127 cm³/mol. The third-order valence-corrected chi connectivity index (χ3v) is 10.7. The van der Waals surface area contributed by atoms with Crippen LogP contribution in [0.15, 0.2) is 30.3 Å². The van der Waals surface area contributed by atoms with E-state index in [1.165, 1.54) is 44.1 Å². The molecule has 10 atom stereocenters. The van der Waals surface area contributed by atoms with Gasteiger partial charge < -0.3 is 5.32 Å². The quantitative estimate of drug-likeness (QED) is 0.541. The van der Waals surface area contributed by atoms with E-state index in [0.29, 0.717) is 17.5 Å². The molecule has 4 aliphatic rings. The van der Waals surface area contributed by atoms with Crippen LogP contribution in [0.4, 0.5) is 0 Å². The van der Waals surface area contributed by atoms with Crippen LogP contribution < -0.4 is 5.32 Å². The molecule has 5 rings (SSSR count). The van der Waals surface area contributed by atoms with E-state index in [4.69, 9.17) is 0 Å². The minimum Gasteiger partial charge on any atom is -0.307 e. The lowest BCUT2D eigenvalue weighted by atomic mass is 9.49. The van der Waals surface area contributed by atoms with E-state index in [2.05, 4.69) is 63.3 Å². The summed E-state index contributed by atoms with van der Waals surface area (Å²) >= 11 is 0. The van der Waals surface area contributed by atoms with E-state index >= 15 is 0 Å². The normalized spacial score (nSPS) is 45.1. The van der Waals surface area contributed by atoms with Gasteiger partial charge in [-0.3, -0.25) is 0 Å². The maximum absolute atomic E-state index is 4.02. The van der Waals surface area contributed by atoms with E-state index in [-0.39, 0.29) is 0 Å². The molecule has 0 spiro atoms. The molecule has 1 nitrogen and oxygen atoms in total. The second kappa shape index (κ2) is 8.27. The molecule has 0 amide bonds. The molecule has 0 radical (unpaired) electrons. The highest BCUT2D eigenvalue weighted by molar-refractivity contribution is 5.18. The second-order valence-corrected chi connectivity index (χ2v) is 12.2. The molecule has 30 heavy (non-hydrogen) atoms. The van der Waals surface area contributed by atoms with Crippen molar-refractivity contribution in [3.05, 3.63) is 35.9 Å². The summed E-state index contributed by atoms with van der Waals surface area (Å²) in [5.74, 6) is 7.10. The van der Waals surface area contributed by atoms with Crippen molar-refractivity contribution in [2.45, 2.75) is 97.6 Å². The van der Waals surface area contributed by atoms with E-state index in [1.54, 1.807) is 19.3 Å². The Morgan fingerprint density at radius 2 is 1.63 bits per heavy atom. The summed E-state index contributed by atoms with van der Waals surface area (Å²) in [5.41, 5.74) is 2.00. The summed E-state index contributed by atoms with van der Waals surface area (Å²) in [5, 5.41) is 4.02. The van der Waals surface area contributed by atoms with Gasteiger partial charge in [-0.2, -0.15) is 0 Å². The van der Waals surface area contributed by atoms with E-state index in [0.717, 1.165) is 41.4 Å². The number of nitrogens with one attached hydrogen (secondary N) is 1.